The Bertz CT molecular complexity index is 564. The molecule has 0 spiro atoms. The van der Waals surface area contributed by atoms with Gasteiger partial charge in [0.1, 0.15) is 11.7 Å². The minimum atomic E-state index is -1.00. The van der Waals surface area contributed by atoms with Crippen LogP contribution in [0.2, 0.25) is 0 Å². The third kappa shape index (κ3) is 3.30. The van der Waals surface area contributed by atoms with Gasteiger partial charge in [-0.1, -0.05) is 6.07 Å². The molecule has 0 aromatic heterocycles. The summed E-state index contributed by atoms with van der Waals surface area (Å²) in [6.07, 6.45) is 0. The molecule has 6 nitrogen and oxygen atoms in total. The third-order valence-electron chi connectivity index (χ3n) is 3.63. The van der Waals surface area contributed by atoms with E-state index in [0.29, 0.717) is 5.69 Å². The number of carbonyl (C=O) groups excluding carboxylic acids is 1. The average molecular weight is 296 g/mol. The number of urea groups is 1. The molecule has 1 aromatic rings. The van der Waals surface area contributed by atoms with Crippen molar-refractivity contribution in [2.24, 2.45) is 5.92 Å². The number of nitrogens with one attached hydrogen (secondary N) is 1. The molecule has 1 saturated heterocycles. The Morgan fingerprint density at radius 3 is 2.81 bits per heavy atom. The first-order valence-corrected chi connectivity index (χ1v) is 6.50. The van der Waals surface area contributed by atoms with Crippen LogP contribution in [0.25, 0.3) is 0 Å². The highest BCUT2D eigenvalue weighted by Gasteiger charge is 2.38. The number of amides is 2. The van der Waals surface area contributed by atoms with Gasteiger partial charge in [0.25, 0.3) is 0 Å². The molecule has 2 atom stereocenters. The molecule has 1 heterocycles. The fourth-order valence-electron chi connectivity index (χ4n) is 2.24. The molecular weight excluding hydrogens is 279 g/mol. The summed E-state index contributed by atoms with van der Waals surface area (Å²) in [6.45, 7) is 1.99. The minimum absolute atomic E-state index is 0.0800. The molecule has 2 amide bonds. The number of carboxylic acid groups (broad SMARTS) is 1. The van der Waals surface area contributed by atoms with Gasteiger partial charge in [0.15, 0.2) is 0 Å². The maximum Gasteiger partial charge on any atom is 0.321 e. The van der Waals surface area contributed by atoms with Gasteiger partial charge < -0.3 is 20.1 Å². The van der Waals surface area contributed by atoms with E-state index in [9.17, 15) is 14.0 Å². The van der Waals surface area contributed by atoms with Crippen LogP contribution in [-0.4, -0.2) is 48.3 Å². The van der Waals surface area contributed by atoms with Gasteiger partial charge >= 0.3 is 12.0 Å². The minimum Gasteiger partial charge on any atom is -0.481 e. The highest BCUT2D eigenvalue weighted by Crippen LogP contribution is 2.21. The van der Waals surface area contributed by atoms with Crippen LogP contribution in [0.15, 0.2) is 18.2 Å². The summed E-state index contributed by atoms with van der Waals surface area (Å²) in [4.78, 5) is 24.6. The van der Waals surface area contributed by atoms with Crippen molar-refractivity contribution in [2.75, 3.05) is 25.6 Å². The van der Waals surface area contributed by atoms with Crippen LogP contribution < -0.4 is 5.32 Å². The number of benzene rings is 1. The van der Waals surface area contributed by atoms with Gasteiger partial charge in [-0.15, -0.1) is 0 Å². The summed E-state index contributed by atoms with van der Waals surface area (Å²) in [5.74, 6) is -2.21. The fourth-order valence-corrected chi connectivity index (χ4v) is 2.24. The number of carbonyl (C=O) groups is 2. The molecule has 1 aromatic carbocycles. The summed E-state index contributed by atoms with van der Waals surface area (Å²) in [5, 5.41) is 11.7. The summed E-state index contributed by atoms with van der Waals surface area (Å²) in [6, 6.07) is 3.05. The number of anilines is 1. The summed E-state index contributed by atoms with van der Waals surface area (Å²) >= 11 is 0. The van der Waals surface area contributed by atoms with Crippen LogP contribution in [0.4, 0.5) is 14.9 Å². The molecule has 1 fully saturated rings. The van der Waals surface area contributed by atoms with Crippen LogP contribution in [0.1, 0.15) is 5.56 Å². The Labute approximate surface area is 121 Å². The van der Waals surface area contributed by atoms with Crippen LogP contribution in [0.3, 0.4) is 0 Å². The predicted octanol–water partition coefficient (Wildman–Crippen LogP) is 1.70. The zero-order chi connectivity index (χ0) is 15.6. The lowest BCUT2D eigenvalue weighted by molar-refractivity contribution is -0.142. The fraction of sp³-hybridized carbons (Fsp3) is 0.429. The lowest BCUT2D eigenvalue weighted by atomic mass is 10.0. The number of hydrogen-bond acceptors (Lipinski definition) is 3. The van der Waals surface area contributed by atoms with Crippen molar-refractivity contribution in [3.63, 3.8) is 0 Å². The van der Waals surface area contributed by atoms with Crippen molar-refractivity contribution >= 4 is 17.7 Å². The number of likely N-dealkylation sites (N-methyl/N-ethyl adjacent to an activating group) is 1. The van der Waals surface area contributed by atoms with Gasteiger partial charge in [-0.2, -0.15) is 0 Å². The number of aryl methyl sites for hydroxylation is 1. The van der Waals surface area contributed by atoms with Crippen molar-refractivity contribution in [3.05, 3.63) is 29.6 Å². The Balaban J connectivity index is 2.09. The number of halogens is 1. The molecule has 114 valence electrons. The molecule has 21 heavy (non-hydrogen) atoms. The Morgan fingerprint density at radius 1 is 1.43 bits per heavy atom. The van der Waals surface area contributed by atoms with E-state index >= 15 is 0 Å². The van der Waals surface area contributed by atoms with Crippen LogP contribution in [0.5, 0.6) is 0 Å². The van der Waals surface area contributed by atoms with Crippen molar-refractivity contribution in [3.8, 4) is 0 Å². The van der Waals surface area contributed by atoms with E-state index in [-0.39, 0.29) is 13.2 Å². The first-order valence-electron chi connectivity index (χ1n) is 6.50. The summed E-state index contributed by atoms with van der Waals surface area (Å²) < 4.78 is 18.3. The van der Waals surface area contributed by atoms with Crippen LogP contribution in [-0.2, 0) is 9.53 Å². The maximum absolute atomic E-state index is 13.2. The van der Waals surface area contributed by atoms with Crippen LogP contribution in [0, 0.1) is 18.7 Å². The first kappa shape index (κ1) is 15.2. The number of aliphatic carboxylic acids is 1. The third-order valence-corrected chi connectivity index (χ3v) is 3.63. The Kier molecular flexibility index (Phi) is 4.42. The smallest absolute Gasteiger partial charge is 0.321 e. The zero-order valence-corrected chi connectivity index (χ0v) is 11.8. The van der Waals surface area contributed by atoms with Gasteiger partial charge in [0.05, 0.1) is 19.3 Å². The van der Waals surface area contributed by atoms with E-state index in [1.54, 1.807) is 13.0 Å². The highest BCUT2D eigenvalue weighted by molar-refractivity contribution is 5.90. The second-order valence-corrected chi connectivity index (χ2v) is 5.05. The van der Waals surface area contributed by atoms with Crippen molar-refractivity contribution in [2.45, 2.75) is 13.0 Å². The van der Waals surface area contributed by atoms with E-state index < -0.39 is 29.8 Å². The molecule has 0 aliphatic carbocycles. The molecule has 1 aliphatic heterocycles. The standard InChI is InChI=1S/C14H17FN2O4/c1-8-3-4-9(15)5-11(8)16-14(20)17(2)12-7-21-6-10(12)13(18)19/h3-5,10,12H,6-7H2,1-2H3,(H,16,20)(H,18,19). The van der Waals surface area contributed by atoms with E-state index in [1.807, 2.05) is 0 Å². The molecule has 0 bridgehead atoms. The van der Waals surface area contributed by atoms with Gasteiger partial charge in [0, 0.05) is 12.7 Å². The molecule has 0 saturated carbocycles. The molecule has 2 unspecified atom stereocenters. The lowest BCUT2D eigenvalue weighted by Gasteiger charge is -2.26. The second-order valence-electron chi connectivity index (χ2n) is 5.05. The quantitative estimate of drug-likeness (QED) is 0.890. The molecule has 1 aliphatic rings. The molecule has 2 N–H and O–H groups in total. The SMILES string of the molecule is Cc1ccc(F)cc1NC(=O)N(C)C1COCC1C(=O)O. The molecule has 7 heteroatoms. The van der Waals surface area contributed by atoms with E-state index in [1.165, 1.54) is 24.1 Å². The van der Waals surface area contributed by atoms with Crippen molar-refractivity contribution in [1.82, 2.24) is 4.90 Å². The van der Waals surface area contributed by atoms with E-state index in [0.717, 1.165) is 5.56 Å². The number of hydrogen-bond donors (Lipinski definition) is 2. The van der Waals surface area contributed by atoms with Gasteiger partial charge in [-0.25, -0.2) is 9.18 Å². The normalized spacial score (nSPS) is 21.1. The van der Waals surface area contributed by atoms with Crippen molar-refractivity contribution < 1.29 is 23.8 Å². The second kappa shape index (κ2) is 6.09. The number of carboxylic acids is 1. The number of nitrogens with zero attached hydrogens (tertiary/aromatic N) is 1. The monoisotopic (exact) mass is 296 g/mol. The first-order chi connectivity index (χ1) is 9.90. The molecular formula is C14H17FN2O4. The topological polar surface area (TPSA) is 78.9 Å². The van der Waals surface area contributed by atoms with E-state index in [4.69, 9.17) is 9.84 Å². The maximum atomic E-state index is 13.2. The average Bonchev–Trinajstić information content (AvgIpc) is 2.91. The number of rotatable bonds is 3. The van der Waals surface area contributed by atoms with E-state index in [2.05, 4.69) is 5.32 Å². The summed E-state index contributed by atoms with van der Waals surface area (Å²) in [7, 11) is 1.50. The Morgan fingerprint density at radius 2 is 2.14 bits per heavy atom. The lowest BCUT2D eigenvalue weighted by Crippen LogP contribution is -2.46. The zero-order valence-electron chi connectivity index (χ0n) is 11.8. The van der Waals surface area contributed by atoms with Crippen LogP contribution >= 0.6 is 0 Å². The number of ether oxygens (including phenoxy) is 1. The highest BCUT2D eigenvalue weighted by atomic mass is 19.1. The van der Waals surface area contributed by atoms with Gasteiger partial charge in [-0.3, -0.25) is 4.79 Å². The Hall–Kier alpha value is -2.15. The molecule has 2 rings (SSSR count). The predicted molar refractivity (Wildman–Crippen MR) is 73.7 cm³/mol. The largest absolute Gasteiger partial charge is 0.481 e. The summed E-state index contributed by atoms with van der Waals surface area (Å²) in [5.41, 5.74) is 1.08. The van der Waals surface area contributed by atoms with Gasteiger partial charge in [-0.05, 0) is 24.6 Å². The van der Waals surface area contributed by atoms with Gasteiger partial charge in [0.2, 0.25) is 0 Å². The molecule has 0 radical (unpaired) electrons. The van der Waals surface area contributed by atoms with Crippen molar-refractivity contribution in [1.29, 1.82) is 0 Å².